The third-order valence-electron chi connectivity index (χ3n) is 7.66. The Morgan fingerprint density at radius 1 is 1.07 bits per heavy atom. The van der Waals surface area contributed by atoms with Gasteiger partial charge in [-0.25, -0.2) is 15.0 Å². The van der Waals surface area contributed by atoms with E-state index in [4.69, 9.17) is 0 Å². The van der Waals surface area contributed by atoms with Crippen molar-refractivity contribution in [1.82, 2.24) is 29.6 Å². The van der Waals surface area contributed by atoms with Crippen LogP contribution in [0, 0.1) is 26.7 Å². The SMILES string of the molecule is C=C1CCC(C)[C@@H](C(=O)Nc2nc(Br)ccc2C)N1C(=O)Cn1nc(C(C)=O)c2cc(-c3cnc(C)nc3)cc(C)c21. The number of carbonyl (C=O) groups is 3. The molecular formula is C31H32BrN7O3. The topological polar surface area (TPSA) is 123 Å². The summed E-state index contributed by atoms with van der Waals surface area (Å²) in [7, 11) is 0. The minimum atomic E-state index is -0.776. The van der Waals surface area contributed by atoms with Crippen LogP contribution < -0.4 is 5.32 Å². The molecular weight excluding hydrogens is 598 g/mol. The van der Waals surface area contributed by atoms with E-state index in [1.54, 1.807) is 23.1 Å². The second-order valence-electron chi connectivity index (χ2n) is 10.9. The molecule has 2 atom stereocenters. The first-order valence-electron chi connectivity index (χ1n) is 13.7. The molecule has 0 spiro atoms. The fourth-order valence-corrected chi connectivity index (χ4v) is 5.78. The highest BCUT2D eigenvalue weighted by molar-refractivity contribution is 9.10. The molecule has 4 aromatic rings. The van der Waals surface area contributed by atoms with Crippen LogP contribution >= 0.6 is 15.9 Å². The lowest BCUT2D eigenvalue weighted by molar-refractivity contribution is -0.140. The van der Waals surface area contributed by atoms with Gasteiger partial charge >= 0.3 is 0 Å². The molecule has 1 fully saturated rings. The molecule has 1 aromatic carbocycles. The molecule has 1 aliphatic heterocycles. The molecule has 11 heteroatoms. The molecule has 42 heavy (non-hydrogen) atoms. The number of hydrogen-bond donors (Lipinski definition) is 1. The highest BCUT2D eigenvalue weighted by atomic mass is 79.9. The molecule has 1 aliphatic rings. The molecule has 3 aromatic heterocycles. The lowest BCUT2D eigenvalue weighted by Gasteiger charge is -2.40. The summed E-state index contributed by atoms with van der Waals surface area (Å²) in [5.41, 5.74) is 4.82. The number of halogens is 1. The maximum absolute atomic E-state index is 14.0. The second kappa shape index (κ2) is 11.6. The number of rotatable bonds is 6. The predicted octanol–water partition coefficient (Wildman–Crippen LogP) is 5.56. The Morgan fingerprint density at radius 3 is 2.48 bits per heavy atom. The number of hydrogen-bond acceptors (Lipinski definition) is 7. The third-order valence-corrected chi connectivity index (χ3v) is 8.10. The highest BCUT2D eigenvalue weighted by Crippen LogP contribution is 2.33. The van der Waals surface area contributed by atoms with E-state index in [1.807, 2.05) is 45.9 Å². The average molecular weight is 631 g/mol. The van der Waals surface area contributed by atoms with Gasteiger partial charge in [0, 0.05) is 36.0 Å². The molecule has 0 radical (unpaired) electrons. The second-order valence-corrected chi connectivity index (χ2v) is 11.7. The zero-order chi connectivity index (χ0) is 30.3. The molecule has 1 saturated heterocycles. The van der Waals surface area contributed by atoms with Crippen LogP contribution in [-0.4, -0.2) is 53.3 Å². The van der Waals surface area contributed by atoms with Crippen LogP contribution in [0.2, 0.25) is 0 Å². The van der Waals surface area contributed by atoms with E-state index >= 15 is 0 Å². The number of amides is 2. The Kier molecular flexibility index (Phi) is 8.05. The Labute approximate surface area is 252 Å². The summed E-state index contributed by atoms with van der Waals surface area (Å²) in [5, 5.41) is 8.13. The van der Waals surface area contributed by atoms with Crippen molar-refractivity contribution in [3.05, 3.63) is 76.2 Å². The number of ketones is 1. The van der Waals surface area contributed by atoms with Gasteiger partial charge in [0.15, 0.2) is 5.78 Å². The van der Waals surface area contributed by atoms with Gasteiger partial charge < -0.3 is 10.2 Å². The largest absolute Gasteiger partial charge is 0.309 e. The van der Waals surface area contributed by atoms with E-state index in [0.29, 0.717) is 39.3 Å². The highest BCUT2D eigenvalue weighted by Gasteiger charge is 2.39. The molecule has 1 unspecified atom stereocenters. The van der Waals surface area contributed by atoms with Gasteiger partial charge in [0.2, 0.25) is 11.8 Å². The van der Waals surface area contributed by atoms with Crippen molar-refractivity contribution >= 4 is 50.2 Å². The summed E-state index contributed by atoms with van der Waals surface area (Å²) >= 11 is 3.35. The Morgan fingerprint density at radius 2 is 1.79 bits per heavy atom. The van der Waals surface area contributed by atoms with E-state index in [1.165, 1.54) is 11.8 Å². The zero-order valence-electron chi connectivity index (χ0n) is 24.2. The number of aromatic nitrogens is 5. The van der Waals surface area contributed by atoms with Crippen LogP contribution in [0.3, 0.4) is 0 Å². The standard InChI is InChI=1S/C31H32BrN7O3/c1-16-7-9-19(4)39(29(16)31(42)36-30-17(2)8-10-25(32)35-30)26(41)15-38-28-18(3)11-22(23-13-33-21(6)34-14-23)12-24(28)27(37-38)20(5)40/h8,10-14,16,29H,4,7,9,15H2,1-3,5-6H3,(H,35,36,42)/t16?,29-/m0/s1. The number of aryl methyl sites for hydroxylation is 3. The number of allylic oxidation sites excluding steroid dienone is 1. The maximum Gasteiger partial charge on any atom is 0.249 e. The average Bonchev–Trinajstić information content (AvgIpc) is 3.31. The van der Waals surface area contributed by atoms with Gasteiger partial charge in [0.25, 0.3) is 0 Å². The fourth-order valence-electron chi connectivity index (χ4n) is 5.47. The molecule has 2 amide bonds. The molecule has 216 valence electrons. The number of benzene rings is 1. The van der Waals surface area contributed by atoms with Crippen LogP contribution in [0.5, 0.6) is 0 Å². The van der Waals surface area contributed by atoms with Gasteiger partial charge in [-0.3, -0.25) is 19.1 Å². The third kappa shape index (κ3) is 5.61. The molecule has 5 rings (SSSR count). The number of pyridine rings is 1. The minimum Gasteiger partial charge on any atom is -0.309 e. The van der Waals surface area contributed by atoms with Crippen molar-refractivity contribution in [2.24, 2.45) is 5.92 Å². The van der Waals surface area contributed by atoms with Crippen molar-refractivity contribution < 1.29 is 14.4 Å². The van der Waals surface area contributed by atoms with Gasteiger partial charge in [0.1, 0.15) is 34.5 Å². The summed E-state index contributed by atoms with van der Waals surface area (Å²) in [6.45, 7) is 13.0. The Hall–Kier alpha value is -4.25. The van der Waals surface area contributed by atoms with Gasteiger partial charge in [0.05, 0.1) is 5.52 Å². The van der Waals surface area contributed by atoms with Gasteiger partial charge in [-0.15, -0.1) is 0 Å². The smallest absolute Gasteiger partial charge is 0.249 e. The van der Waals surface area contributed by atoms with Gasteiger partial charge in [-0.05, 0) is 90.4 Å². The minimum absolute atomic E-state index is 0.116. The van der Waals surface area contributed by atoms with Crippen molar-refractivity contribution in [1.29, 1.82) is 0 Å². The number of fused-ring (bicyclic) bond motifs is 1. The summed E-state index contributed by atoms with van der Waals surface area (Å²) in [6, 6.07) is 6.73. The van der Waals surface area contributed by atoms with Crippen LogP contribution in [-0.2, 0) is 16.1 Å². The number of piperidine rings is 1. The van der Waals surface area contributed by atoms with Crippen LogP contribution in [0.4, 0.5) is 5.82 Å². The van der Waals surface area contributed by atoms with Crippen LogP contribution in [0.15, 0.2) is 53.5 Å². The monoisotopic (exact) mass is 629 g/mol. The number of carbonyl (C=O) groups excluding carboxylic acids is 3. The molecule has 0 saturated carbocycles. The first-order valence-corrected chi connectivity index (χ1v) is 14.5. The number of likely N-dealkylation sites (tertiary alicyclic amines) is 1. The molecule has 0 aliphatic carbocycles. The van der Waals surface area contributed by atoms with Crippen molar-refractivity contribution in [2.45, 2.75) is 60.0 Å². The predicted molar refractivity (Wildman–Crippen MR) is 164 cm³/mol. The van der Waals surface area contributed by atoms with Crippen molar-refractivity contribution in [3.8, 4) is 11.1 Å². The quantitative estimate of drug-likeness (QED) is 0.219. The summed E-state index contributed by atoms with van der Waals surface area (Å²) in [6.07, 6.45) is 4.79. The normalized spacial score (nSPS) is 17.0. The van der Waals surface area contributed by atoms with Gasteiger partial charge in [-0.1, -0.05) is 19.6 Å². The molecule has 1 N–H and O–H groups in total. The summed E-state index contributed by atoms with van der Waals surface area (Å²) in [5.74, 6) is 0.0978. The van der Waals surface area contributed by atoms with E-state index in [-0.39, 0.29) is 35.8 Å². The van der Waals surface area contributed by atoms with Crippen LogP contribution in [0.25, 0.3) is 22.0 Å². The van der Waals surface area contributed by atoms with E-state index in [9.17, 15) is 14.4 Å². The lowest BCUT2D eigenvalue weighted by Crippen LogP contribution is -2.53. The Balaban J connectivity index is 1.50. The zero-order valence-corrected chi connectivity index (χ0v) is 25.8. The Bertz CT molecular complexity index is 1750. The first kappa shape index (κ1) is 29.2. The van der Waals surface area contributed by atoms with Crippen LogP contribution in [0.1, 0.15) is 54.1 Å². The molecule has 10 nitrogen and oxygen atoms in total. The molecule has 4 heterocycles. The fraction of sp³-hybridized carbons (Fsp3) is 0.323. The molecule has 0 bridgehead atoms. The number of anilines is 1. The summed E-state index contributed by atoms with van der Waals surface area (Å²) < 4.78 is 2.15. The van der Waals surface area contributed by atoms with E-state index < -0.39 is 6.04 Å². The first-order chi connectivity index (χ1) is 19.9. The van der Waals surface area contributed by atoms with Crippen molar-refractivity contribution in [3.63, 3.8) is 0 Å². The van der Waals surface area contributed by atoms with Crippen molar-refractivity contribution in [2.75, 3.05) is 5.32 Å². The summed E-state index contributed by atoms with van der Waals surface area (Å²) in [4.78, 5) is 54.7. The number of nitrogens with one attached hydrogen (secondary N) is 1. The van der Waals surface area contributed by atoms with E-state index in [0.717, 1.165) is 28.7 Å². The number of Topliss-reactive ketones (excluding diaryl/α,β-unsaturated/α-hetero) is 1. The number of nitrogens with zero attached hydrogens (tertiary/aromatic N) is 6. The lowest BCUT2D eigenvalue weighted by atomic mass is 9.88. The maximum atomic E-state index is 14.0. The van der Waals surface area contributed by atoms with E-state index in [2.05, 4.69) is 47.9 Å². The van der Waals surface area contributed by atoms with Gasteiger partial charge in [-0.2, -0.15) is 5.10 Å².